The molecule has 94 valence electrons. The highest BCUT2D eigenvalue weighted by atomic mass is 15.2. The van der Waals surface area contributed by atoms with Gasteiger partial charge < -0.3 is 15.5 Å². The molecule has 1 aromatic heterocycles. The van der Waals surface area contributed by atoms with Gasteiger partial charge in [0, 0.05) is 30.9 Å². The van der Waals surface area contributed by atoms with Gasteiger partial charge in [0.1, 0.15) is 5.82 Å². The molecule has 0 aromatic carbocycles. The summed E-state index contributed by atoms with van der Waals surface area (Å²) in [6, 6.07) is 0.503. The third-order valence-corrected chi connectivity index (χ3v) is 3.04. The zero-order valence-corrected chi connectivity index (χ0v) is 10.8. The second-order valence-corrected chi connectivity index (χ2v) is 4.65. The minimum atomic E-state index is 0.503. The fourth-order valence-corrected chi connectivity index (χ4v) is 2.08. The van der Waals surface area contributed by atoms with Gasteiger partial charge in [-0.3, -0.25) is 0 Å². The third kappa shape index (κ3) is 3.06. The lowest BCUT2D eigenvalue weighted by Crippen LogP contribution is -2.24. The van der Waals surface area contributed by atoms with Crippen molar-refractivity contribution in [2.24, 2.45) is 0 Å². The number of nitrogens with one attached hydrogen (secondary N) is 2. The summed E-state index contributed by atoms with van der Waals surface area (Å²) in [5.74, 6) is 1.66. The Bertz CT molecular complexity index is 379. The van der Waals surface area contributed by atoms with Crippen LogP contribution in [0.25, 0.3) is 0 Å². The van der Waals surface area contributed by atoms with Crippen molar-refractivity contribution in [2.45, 2.75) is 26.3 Å². The first kappa shape index (κ1) is 12.1. The molecule has 1 unspecified atom stereocenters. The number of nitrogens with zero attached hydrogens (tertiary/aromatic N) is 3. The number of hydrogen-bond donors (Lipinski definition) is 2. The molecule has 0 bridgehead atoms. The Balaban J connectivity index is 2.06. The summed E-state index contributed by atoms with van der Waals surface area (Å²) in [6.45, 7) is 7.16. The van der Waals surface area contributed by atoms with Crippen molar-refractivity contribution in [3.63, 3.8) is 0 Å². The van der Waals surface area contributed by atoms with Gasteiger partial charge in [-0.1, -0.05) is 0 Å². The van der Waals surface area contributed by atoms with Crippen molar-refractivity contribution >= 4 is 11.8 Å². The summed E-state index contributed by atoms with van der Waals surface area (Å²) in [7, 11) is 2.15. The normalized spacial score (nSPS) is 20.5. The molecule has 2 N–H and O–H groups in total. The minimum absolute atomic E-state index is 0.503. The van der Waals surface area contributed by atoms with Gasteiger partial charge in [-0.05, 0) is 33.9 Å². The molecule has 1 aliphatic rings. The summed E-state index contributed by atoms with van der Waals surface area (Å²) in [5, 5.41) is 6.64. The van der Waals surface area contributed by atoms with Crippen LogP contribution in [0.1, 0.15) is 18.9 Å². The van der Waals surface area contributed by atoms with Gasteiger partial charge >= 0.3 is 0 Å². The van der Waals surface area contributed by atoms with Crippen LogP contribution in [0, 0.1) is 6.92 Å². The van der Waals surface area contributed by atoms with E-state index in [9.17, 15) is 0 Å². The van der Waals surface area contributed by atoms with Crippen molar-refractivity contribution < 1.29 is 0 Å². The number of likely N-dealkylation sites (N-methyl/N-ethyl adjacent to an activating group) is 1. The summed E-state index contributed by atoms with van der Waals surface area (Å²) in [4.78, 5) is 11.1. The fourth-order valence-electron chi connectivity index (χ4n) is 2.08. The topological polar surface area (TPSA) is 53.1 Å². The average molecular weight is 235 g/mol. The molecule has 0 aliphatic carbocycles. The lowest BCUT2D eigenvalue weighted by Gasteiger charge is -2.15. The van der Waals surface area contributed by atoms with Crippen molar-refractivity contribution in [1.82, 2.24) is 14.9 Å². The minimum Gasteiger partial charge on any atom is -0.366 e. The molecule has 1 atom stereocenters. The maximum Gasteiger partial charge on any atom is 0.224 e. The van der Waals surface area contributed by atoms with Gasteiger partial charge in [0.15, 0.2) is 0 Å². The van der Waals surface area contributed by atoms with Gasteiger partial charge in [-0.2, -0.15) is 4.98 Å². The Labute approximate surface area is 103 Å². The van der Waals surface area contributed by atoms with Gasteiger partial charge in [0.25, 0.3) is 0 Å². The average Bonchev–Trinajstić information content (AvgIpc) is 2.69. The molecule has 1 fully saturated rings. The summed E-state index contributed by atoms with van der Waals surface area (Å²) in [6.07, 6.45) is 3.04. The summed E-state index contributed by atoms with van der Waals surface area (Å²) in [5.41, 5.74) is 1.10. The van der Waals surface area contributed by atoms with Crippen molar-refractivity contribution in [1.29, 1.82) is 0 Å². The number of hydrogen-bond acceptors (Lipinski definition) is 5. The monoisotopic (exact) mass is 235 g/mol. The van der Waals surface area contributed by atoms with E-state index in [4.69, 9.17) is 0 Å². The Morgan fingerprint density at radius 2 is 2.35 bits per heavy atom. The van der Waals surface area contributed by atoms with Crippen LogP contribution in [0.2, 0.25) is 0 Å². The molecular weight excluding hydrogens is 214 g/mol. The van der Waals surface area contributed by atoms with E-state index in [1.807, 2.05) is 20.0 Å². The van der Waals surface area contributed by atoms with E-state index in [0.29, 0.717) is 12.0 Å². The van der Waals surface area contributed by atoms with Gasteiger partial charge in [0.2, 0.25) is 5.95 Å². The van der Waals surface area contributed by atoms with E-state index in [0.717, 1.165) is 31.0 Å². The maximum atomic E-state index is 4.50. The molecule has 0 saturated carbocycles. The Morgan fingerprint density at radius 3 is 3.00 bits per heavy atom. The van der Waals surface area contributed by atoms with Crippen LogP contribution in [0.3, 0.4) is 0 Å². The molecule has 5 nitrogen and oxygen atoms in total. The first-order chi connectivity index (χ1) is 8.19. The molecular formula is C12H21N5. The van der Waals surface area contributed by atoms with Crippen LogP contribution in [0.15, 0.2) is 6.20 Å². The highest BCUT2D eigenvalue weighted by molar-refractivity contribution is 5.47. The van der Waals surface area contributed by atoms with Crippen LogP contribution in [0.5, 0.6) is 0 Å². The number of aromatic nitrogens is 2. The highest BCUT2D eigenvalue weighted by Crippen LogP contribution is 2.17. The second-order valence-electron chi connectivity index (χ2n) is 4.65. The molecule has 0 spiro atoms. The second kappa shape index (κ2) is 5.31. The Kier molecular flexibility index (Phi) is 3.78. The van der Waals surface area contributed by atoms with Crippen LogP contribution in [-0.4, -0.2) is 47.6 Å². The number of likely N-dealkylation sites (tertiary alicyclic amines) is 1. The Hall–Kier alpha value is -1.36. The first-order valence-electron chi connectivity index (χ1n) is 6.21. The molecule has 0 amide bonds. The van der Waals surface area contributed by atoms with Crippen LogP contribution in [-0.2, 0) is 0 Å². The molecule has 1 aromatic rings. The molecule has 2 heterocycles. The zero-order chi connectivity index (χ0) is 12.3. The van der Waals surface area contributed by atoms with Crippen LogP contribution >= 0.6 is 0 Å². The SMILES string of the molecule is CCNc1ncc(C)c(NC2CCN(C)C2)n1. The number of aryl methyl sites for hydroxylation is 1. The molecule has 2 rings (SSSR count). The molecule has 17 heavy (non-hydrogen) atoms. The maximum absolute atomic E-state index is 4.50. The van der Waals surface area contributed by atoms with Gasteiger partial charge in [-0.15, -0.1) is 0 Å². The van der Waals surface area contributed by atoms with Crippen molar-refractivity contribution in [2.75, 3.05) is 37.3 Å². The van der Waals surface area contributed by atoms with Crippen LogP contribution < -0.4 is 10.6 Å². The number of anilines is 2. The van der Waals surface area contributed by atoms with E-state index in [1.54, 1.807) is 0 Å². The highest BCUT2D eigenvalue weighted by Gasteiger charge is 2.20. The largest absolute Gasteiger partial charge is 0.366 e. The molecule has 0 radical (unpaired) electrons. The van der Waals surface area contributed by atoms with E-state index < -0.39 is 0 Å². The lowest BCUT2D eigenvalue weighted by atomic mass is 10.2. The first-order valence-corrected chi connectivity index (χ1v) is 6.21. The molecule has 1 aliphatic heterocycles. The summed E-state index contributed by atoms with van der Waals surface area (Å²) >= 11 is 0. The van der Waals surface area contributed by atoms with E-state index in [-0.39, 0.29) is 0 Å². The Morgan fingerprint density at radius 1 is 1.53 bits per heavy atom. The standard InChI is InChI=1S/C12H21N5/c1-4-13-12-14-7-9(2)11(16-12)15-10-5-6-17(3)8-10/h7,10H,4-6,8H2,1-3H3,(H2,13,14,15,16). The van der Waals surface area contributed by atoms with Crippen molar-refractivity contribution in [3.8, 4) is 0 Å². The fraction of sp³-hybridized carbons (Fsp3) is 0.667. The van der Waals surface area contributed by atoms with Gasteiger partial charge in [0.05, 0.1) is 0 Å². The van der Waals surface area contributed by atoms with Crippen molar-refractivity contribution in [3.05, 3.63) is 11.8 Å². The quantitative estimate of drug-likeness (QED) is 0.824. The third-order valence-electron chi connectivity index (χ3n) is 3.04. The van der Waals surface area contributed by atoms with E-state index >= 15 is 0 Å². The smallest absolute Gasteiger partial charge is 0.224 e. The zero-order valence-electron chi connectivity index (χ0n) is 10.8. The predicted octanol–water partition coefficient (Wildman–Crippen LogP) is 1.33. The van der Waals surface area contributed by atoms with Gasteiger partial charge in [-0.25, -0.2) is 4.98 Å². The van der Waals surface area contributed by atoms with E-state index in [2.05, 4.69) is 32.5 Å². The van der Waals surface area contributed by atoms with E-state index in [1.165, 1.54) is 6.42 Å². The predicted molar refractivity (Wildman–Crippen MR) is 70.5 cm³/mol. The molecule has 5 heteroatoms. The lowest BCUT2D eigenvalue weighted by molar-refractivity contribution is 0.414. The summed E-state index contributed by atoms with van der Waals surface area (Å²) < 4.78 is 0. The number of rotatable bonds is 4. The van der Waals surface area contributed by atoms with Crippen LogP contribution in [0.4, 0.5) is 11.8 Å². The molecule has 1 saturated heterocycles.